The first kappa shape index (κ1) is 21.7. The fourth-order valence-electron chi connectivity index (χ4n) is 4.08. The second-order valence-corrected chi connectivity index (χ2v) is 11.0. The first-order chi connectivity index (χ1) is 14.7. The van der Waals surface area contributed by atoms with Gasteiger partial charge in [0.15, 0.2) is 0 Å². The van der Waals surface area contributed by atoms with Gasteiger partial charge < -0.3 is 10.1 Å². The lowest BCUT2D eigenvalue weighted by molar-refractivity contribution is -0.150. The molecule has 1 aromatic carbocycles. The zero-order valence-corrected chi connectivity index (χ0v) is 19.0. The van der Waals surface area contributed by atoms with Crippen molar-refractivity contribution in [1.82, 2.24) is 9.62 Å². The molecule has 0 aliphatic carbocycles. The number of hydrogen-bond acceptors (Lipinski definition) is 6. The minimum absolute atomic E-state index is 0.176. The predicted molar refractivity (Wildman–Crippen MR) is 117 cm³/mol. The molecule has 1 aromatic heterocycles. The predicted octanol–water partition coefficient (Wildman–Crippen LogP) is 2.77. The van der Waals surface area contributed by atoms with E-state index in [9.17, 15) is 18.0 Å². The number of carbonyl (C=O) groups excluding carboxylic acids is 2. The third-order valence-electron chi connectivity index (χ3n) is 5.84. The van der Waals surface area contributed by atoms with Crippen LogP contribution in [0.2, 0.25) is 0 Å². The lowest BCUT2D eigenvalue weighted by atomic mass is 9.83. The minimum Gasteiger partial charge on any atom is -0.450 e. The summed E-state index contributed by atoms with van der Waals surface area (Å²) in [5, 5.41) is 4.61. The van der Waals surface area contributed by atoms with Crippen LogP contribution in [0.25, 0.3) is 0 Å². The summed E-state index contributed by atoms with van der Waals surface area (Å²) < 4.78 is 33.0. The maximum atomic E-state index is 13.0. The molecule has 2 aliphatic rings. The Morgan fingerprint density at radius 2 is 1.84 bits per heavy atom. The average Bonchev–Trinajstić information content (AvgIpc) is 3.36. The Hall–Kier alpha value is -2.49. The summed E-state index contributed by atoms with van der Waals surface area (Å²) >= 11 is 1.17. The topological polar surface area (TPSA) is 92.8 Å². The van der Waals surface area contributed by atoms with Crippen molar-refractivity contribution in [2.45, 2.75) is 43.0 Å². The van der Waals surface area contributed by atoms with Crippen LogP contribution in [-0.2, 0) is 30.9 Å². The summed E-state index contributed by atoms with van der Waals surface area (Å²) in [7, 11) is -3.58. The fourth-order valence-corrected chi connectivity index (χ4v) is 6.67. The van der Waals surface area contributed by atoms with E-state index in [2.05, 4.69) is 5.32 Å². The summed E-state index contributed by atoms with van der Waals surface area (Å²) in [6.07, 6.45) is 0.488. The van der Waals surface area contributed by atoms with Crippen LogP contribution in [0.5, 0.6) is 0 Å². The molecule has 9 heteroatoms. The first-order valence-electron chi connectivity index (χ1n) is 10.0. The Morgan fingerprint density at radius 3 is 2.45 bits per heavy atom. The van der Waals surface area contributed by atoms with E-state index in [1.54, 1.807) is 24.4 Å². The van der Waals surface area contributed by atoms with E-state index in [4.69, 9.17) is 4.74 Å². The van der Waals surface area contributed by atoms with E-state index < -0.39 is 21.6 Å². The molecule has 164 valence electrons. The van der Waals surface area contributed by atoms with Gasteiger partial charge in [-0.1, -0.05) is 35.9 Å². The van der Waals surface area contributed by atoms with E-state index in [1.807, 2.05) is 31.2 Å². The van der Waals surface area contributed by atoms with Gasteiger partial charge in [0.2, 0.25) is 0 Å². The van der Waals surface area contributed by atoms with E-state index in [0.29, 0.717) is 12.1 Å². The lowest BCUT2D eigenvalue weighted by Gasteiger charge is -2.38. The molecule has 0 bridgehead atoms. The number of sulfonamides is 1. The molecule has 7 nitrogen and oxygen atoms in total. The van der Waals surface area contributed by atoms with Crippen molar-refractivity contribution in [3.63, 3.8) is 0 Å². The Morgan fingerprint density at radius 1 is 1.16 bits per heavy atom. The van der Waals surface area contributed by atoms with E-state index in [0.717, 1.165) is 11.1 Å². The molecule has 31 heavy (non-hydrogen) atoms. The first-order valence-corrected chi connectivity index (χ1v) is 12.4. The normalized spacial score (nSPS) is 19.0. The highest BCUT2D eigenvalue weighted by molar-refractivity contribution is 7.91. The third kappa shape index (κ3) is 4.05. The van der Waals surface area contributed by atoms with Gasteiger partial charge in [-0.2, -0.15) is 4.31 Å². The summed E-state index contributed by atoms with van der Waals surface area (Å²) in [5.41, 5.74) is 1.61. The minimum atomic E-state index is -3.58. The van der Waals surface area contributed by atoms with Gasteiger partial charge in [0.05, 0.1) is 5.57 Å². The van der Waals surface area contributed by atoms with Gasteiger partial charge in [-0.15, -0.1) is 11.3 Å². The number of nitrogens with one attached hydrogen (secondary N) is 1. The molecule has 0 atom stereocenters. The molecule has 1 fully saturated rings. The number of rotatable bonds is 5. The number of ether oxygens (including phenoxy) is 1. The number of esters is 1. The number of aryl methyl sites for hydroxylation is 1. The zero-order chi connectivity index (χ0) is 22.2. The molecule has 4 rings (SSSR count). The van der Waals surface area contributed by atoms with Crippen LogP contribution in [0.4, 0.5) is 0 Å². The largest absolute Gasteiger partial charge is 0.450 e. The highest BCUT2D eigenvalue weighted by Crippen LogP contribution is 2.42. The second kappa shape index (κ2) is 8.22. The Labute approximate surface area is 185 Å². The number of thiophene rings is 1. The molecular formula is C22H24N2O5S2. The summed E-state index contributed by atoms with van der Waals surface area (Å²) in [6, 6.07) is 11.1. The van der Waals surface area contributed by atoms with E-state index in [-0.39, 0.29) is 41.6 Å². The quantitative estimate of drug-likeness (QED) is 0.693. The van der Waals surface area contributed by atoms with Crippen molar-refractivity contribution >= 4 is 33.2 Å². The number of carbonyl (C=O) groups is 2. The highest BCUT2D eigenvalue weighted by atomic mass is 32.2. The molecular weight excluding hydrogens is 436 g/mol. The van der Waals surface area contributed by atoms with Crippen LogP contribution < -0.4 is 5.32 Å². The van der Waals surface area contributed by atoms with Gasteiger partial charge in [-0.3, -0.25) is 4.79 Å². The third-order valence-corrected chi connectivity index (χ3v) is 9.12. The van der Waals surface area contributed by atoms with Gasteiger partial charge in [0.25, 0.3) is 15.9 Å². The molecule has 0 unspecified atom stereocenters. The van der Waals surface area contributed by atoms with Gasteiger partial charge in [0, 0.05) is 38.0 Å². The lowest BCUT2D eigenvalue weighted by Crippen LogP contribution is -2.50. The van der Waals surface area contributed by atoms with Gasteiger partial charge in [-0.25, -0.2) is 13.2 Å². The maximum absolute atomic E-state index is 13.0. The summed E-state index contributed by atoms with van der Waals surface area (Å²) in [4.78, 5) is 25.4. The molecule has 2 aliphatic heterocycles. The zero-order valence-electron chi connectivity index (χ0n) is 17.4. The molecule has 1 amide bonds. The van der Waals surface area contributed by atoms with Crippen molar-refractivity contribution in [1.29, 1.82) is 0 Å². The van der Waals surface area contributed by atoms with Crippen LogP contribution in [0.15, 0.2) is 57.1 Å². The van der Waals surface area contributed by atoms with Crippen molar-refractivity contribution in [2.24, 2.45) is 0 Å². The van der Waals surface area contributed by atoms with Crippen molar-refractivity contribution in [3.05, 3.63) is 64.1 Å². The van der Waals surface area contributed by atoms with Gasteiger partial charge in [0.1, 0.15) is 9.81 Å². The standard InChI is InChI=1S/C22H24N2O5S2/c1-15-5-7-17(8-6-15)14-23-20(25)19-16(2)21(26)29-22(19)9-11-24(12-10-22)31(27,28)18-4-3-13-30-18/h3-8,13H,9-12,14H2,1-2H3,(H,23,25). The SMILES string of the molecule is CC1=C(C(=O)NCc2ccc(C)cc2)C2(CCN(S(=O)(=O)c3cccs3)CC2)OC1=O. The van der Waals surface area contributed by atoms with Crippen molar-refractivity contribution in [2.75, 3.05) is 13.1 Å². The van der Waals surface area contributed by atoms with Crippen LogP contribution in [0.3, 0.4) is 0 Å². The number of piperidine rings is 1. The molecule has 0 radical (unpaired) electrons. The van der Waals surface area contributed by atoms with Crippen molar-refractivity contribution < 1.29 is 22.7 Å². The molecule has 3 heterocycles. The smallest absolute Gasteiger partial charge is 0.335 e. The number of nitrogens with zero attached hydrogens (tertiary/aromatic N) is 1. The number of amides is 1. The average molecular weight is 461 g/mol. The fraction of sp³-hybridized carbons (Fsp3) is 0.364. The van der Waals surface area contributed by atoms with Crippen LogP contribution >= 0.6 is 11.3 Å². The van der Waals surface area contributed by atoms with Gasteiger partial charge >= 0.3 is 5.97 Å². The van der Waals surface area contributed by atoms with Crippen LogP contribution in [-0.4, -0.2) is 43.3 Å². The Kier molecular flexibility index (Phi) is 5.76. The Bertz CT molecular complexity index is 1130. The van der Waals surface area contributed by atoms with Crippen LogP contribution in [0, 0.1) is 6.92 Å². The van der Waals surface area contributed by atoms with E-state index in [1.165, 1.54) is 15.6 Å². The van der Waals surface area contributed by atoms with Crippen LogP contribution in [0.1, 0.15) is 30.9 Å². The Balaban J connectivity index is 1.49. The second-order valence-electron chi connectivity index (χ2n) is 7.89. The molecule has 2 aromatic rings. The summed E-state index contributed by atoms with van der Waals surface area (Å²) in [5.74, 6) is -0.867. The molecule has 1 saturated heterocycles. The van der Waals surface area contributed by atoms with Gasteiger partial charge in [-0.05, 0) is 30.9 Å². The summed E-state index contributed by atoms with van der Waals surface area (Å²) in [6.45, 7) is 4.27. The molecule has 1 N–H and O–H groups in total. The maximum Gasteiger partial charge on any atom is 0.335 e. The van der Waals surface area contributed by atoms with Crippen molar-refractivity contribution in [3.8, 4) is 0 Å². The number of hydrogen-bond donors (Lipinski definition) is 1. The monoisotopic (exact) mass is 460 g/mol. The molecule has 1 spiro atoms. The van der Waals surface area contributed by atoms with E-state index >= 15 is 0 Å². The highest BCUT2D eigenvalue weighted by Gasteiger charge is 2.52. The molecule has 0 saturated carbocycles. The number of benzene rings is 1.